The molecule has 10 heteroatoms. The number of ether oxygens (including phenoxy) is 1. The number of esters is 1. The van der Waals surface area contributed by atoms with Crippen LogP contribution in [-0.4, -0.2) is 34.4 Å². The van der Waals surface area contributed by atoms with Crippen LogP contribution in [0.15, 0.2) is 60.0 Å². The number of anilines is 2. The third kappa shape index (κ3) is 6.17. The highest BCUT2D eigenvalue weighted by Gasteiger charge is 2.19. The number of carbonyl (C=O) groups excluding carboxylic acids is 3. The Kier molecular flexibility index (Phi) is 7.64. The first-order valence-electron chi connectivity index (χ1n) is 10.8. The third-order valence-electron chi connectivity index (χ3n) is 4.82. The van der Waals surface area contributed by atoms with Gasteiger partial charge in [0.05, 0.1) is 29.3 Å². The minimum Gasteiger partial charge on any atom is -0.461 e. The fourth-order valence-corrected chi connectivity index (χ4v) is 4.96. The molecule has 35 heavy (non-hydrogen) atoms. The van der Waals surface area contributed by atoms with Crippen molar-refractivity contribution in [2.75, 3.05) is 17.2 Å². The summed E-state index contributed by atoms with van der Waals surface area (Å²) >= 11 is 2.50. The fourth-order valence-electron chi connectivity index (χ4n) is 3.25. The molecular formula is C25H22N4O4S2. The van der Waals surface area contributed by atoms with Crippen molar-refractivity contribution in [1.82, 2.24) is 9.97 Å². The first-order chi connectivity index (χ1) is 16.9. The summed E-state index contributed by atoms with van der Waals surface area (Å²) < 4.78 is 5.01. The first kappa shape index (κ1) is 24.2. The lowest BCUT2D eigenvalue weighted by molar-refractivity contribution is -0.115. The molecule has 4 aromatic rings. The molecule has 0 saturated carbocycles. The molecule has 0 aliphatic heterocycles. The second kappa shape index (κ2) is 11.0. The van der Waals surface area contributed by atoms with Gasteiger partial charge in [-0.15, -0.1) is 22.7 Å². The van der Waals surface area contributed by atoms with Crippen molar-refractivity contribution in [3.63, 3.8) is 0 Å². The average molecular weight is 507 g/mol. The number of nitrogens with one attached hydrogen (secondary N) is 2. The summed E-state index contributed by atoms with van der Waals surface area (Å²) in [5.74, 6) is -0.907. The largest absolute Gasteiger partial charge is 0.461 e. The summed E-state index contributed by atoms with van der Waals surface area (Å²) in [5.41, 5.74) is 3.24. The van der Waals surface area contributed by atoms with Crippen LogP contribution in [0.3, 0.4) is 0 Å². The molecule has 4 rings (SSSR count). The van der Waals surface area contributed by atoms with Crippen LogP contribution in [-0.2, 0) is 16.0 Å². The first-order valence-corrected chi connectivity index (χ1v) is 12.5. The summed E-state index contributed by atoms with van der Waals surface area (Å²) in [5, 5.41) is 8.19. The van der Waals surface area contributed by atoms with Crippen LogP contribution in [0.25, 0.3) is 10.6 Å². The van der Waals surface area contributed by atoms with E-state index in [0.717, 1.165) is 10.4 Å². The minimum absolute atomic E-state index is 0.122. The summed E-state index contributed by atoms with van der Waals surface area (Å²) in [7, 11) is 0. The molecule has 2 aromatic carbocycles. The topological polar surface area (TPSA) is 110 Å². The van der Waals surface area contributed by atoms with Crippen molar-refractivity contribution in [3.8, 4) is 10.6 Å². The summed E-state index contributed by atoms with van der Waals surface area (Å²) in [4.78, 5) is 46.4. The zero-order valence-corrected chi connectivity index (χ0v) is 20.7. The number of amides is 2. The maximum atomic E-state index is 12.6. The van der Waals surface area contributed by atoms with E-state index in [-0.39, 0.29) is 29.8 Å². The van der Waals surface area contributed by atoms with E-state index in [1.54, 1.807) is 56.3 Å². The molecule has 8 nitrogen and oxygen atoms in total. The van der Waals surface area contributed by atoms with Crippen molar-refractivity contribution in [3.05, 3.63) is 81.8 Å². The standard InChI is InChI=1S/C25H22N4O4S2/c1-3-33-24(32)23-26-15(2)21(35-23)19-14-34-25(28-19)29-20(30)13-16-8-7-11-18(12-16)27-22(31)17-9-5-4-6-10-17/h4-12,14H,3,13H2,1-2H3,(H,27,31)(H,28,29,30). The van der Waals surface area contributed by atoms with Crippen molar-refractivity contribution >= 4 is 51.3 Å². The summed E-state index contributed by atoms with van der Waals surface area (Å²) in [6, 6.07) is 16.1. The van der Waals surface area contributed by atoms with Gasteiger partial charge in [0.2, 0.25) is 10.9 Å². The zero-order chi connectivity index (χ0) is 24.8. The van der Waals surface area contributed by atoms with Gasteiger partial charge in [0.1, 0.15) is 0 Å². The molecule has 0 fully saturated rings. The predicted octanol–water partition coefficient (Wildman–Crippen LogP) is 5.19. The van der Waals surface area contributed by atoms with Gasteiger partial charge < -0.3 is 15.4 Å². The smallest absolute Gasteiger partial charge is 0.367 e. The monoisotopic (exact) mass is 506 g/mol. The Morgan fingerprint density at radius 3 is 2.57 bits per heavy atom. The van der Waals surface area contributed by atoms with E-state index in [1.807, 2.05) is 17.5 Å². The Labute approximate surface area is 210 Å². The van der Waals surface area contributed by atoms with Crippen LogP contribution in [0.2, 0.25) is 0 Å². The molecule has 0 unspecified atom stereocenters. The summed E-state index contributed by atoms with van der Waals surface area (Å²) in [6.07, 6.45) is 0.122. The number of nitrogens with zero attached hydrogens (tertiary/aromatic N) is 2. The molecule has 2 heterocycles. The Morgan fingerprint density at radius 2 is 1.80 bits per heavy atom. The van der Waals surface area contributed by atoms with Crippen LogP contribution < -0.4 is 10.6 Å². The number of hydrogen-bond acceptors (Lipinski definition) is 8. The van der Waals surface area contributed by atoms with Crippen LogP contribution in [0.1, 0.15) is 38.3 Å². The highest BCUT2D eigenvalue weighted by atomic mass is 32.1. The molecule has 0 aliphatic rings. The van der Waals surface area contributed by atoms with Gasteiger partial charge in [0, 0.05) is 16.6 Å². The molecule has 178 valence electrons. The molecule has 0 atom stereocenters. The molecule has 0 saturated heterocycles. The number of hydrogen-bond donors (Lipinski definition) is 2. The highest BCUT2D eigenvalue weighted by Crippen LogP contribution is 2.32. The van der Waals surface area contributed by atoms with Gasteiger partial charge in [0.25, 0.3) is 5.91 Å². The molecule has 2 amide bonds. The molecule has 0 radical (unpaired) electrons. The van der Waals surface area contributed by atoms with Gasteiger partial charge >= 0.3 is 5.97 Å². The number of aryl methyl sites for hydroxylation is 1. The Bertz CT molecular complexity index is 1360. The molecular weight excluding hydrogens is 484 g/mol. The number of carbonyl (C=O) groups is 3. The normalized spacial score (nSPS) is 10.6. The summed E-state index contributed by atoms with van der Waals surface area (Å²) in [6.45, 7) is 3.82. The molecule has 2 aromatic heterocycles. The molecule has 0 spiro atoms. The second-order valence-corrected chi connectivity index (χ2v) is 9.29. The minimum atomic E-state index is -0.460. The van der Waals surface area contributed by atoms with E-state index in [2.05, 4.69) is 20.6 Å². The van der Waals surface area contributed by atoms with Crippen molar-refractivity contribution in [1.29, 1.82) is 0 Å². The maximum absolute atomic E-state index is 12.6. The molecule has 0 bridgehead atoms. The van der Waals surface area contributed by atoms with E-state index < -0.39 is 5.97 Å². The maximum Gasteiger partial charge on any atom is 0.367 e. The van der Waals surface area contributed by atoms with Gasteiger partial charge in [-0.05, 0) is 43.7 Å². The Balaban J connectivity index is 1.38. The predicted molar refractivity (Wildman–Crippen MR) is 137 cm³/mol. The van der Waals surface area contributed by atoms with E-state index in [9.17, 15) is 14.4 Å². The van der Waals surface area contributed by atoms with Crippen LogP contribution >= 0.6 is 22.7 Å². The van der Waals surface area contributed by atoms with Gasteiger partial charge in [-0.25, -0.2) is 14.8 Å². The quantitative estimate of drug-likeness (QED) is 0.319. The van der Waals surface area contributed by atoms with E-state index in [0.29, 0.717) is 27.8 Å². The number of aromatic nitrogens is 2. The fraction of sp³-hybridized carbons (Fsp3) is 0.160. The lowest BCUT2D eigenvalue weighted by Crippen LogP contribution is -2.15. The van der Waals surface area contributed by atoms with E-state index >= 15 is 0 Å². The number of benzene rings is 2. The van der Waals surface area contributed by atoms with Gasteiger partial charge in [-0.2, -0.15) is 0 Å². The van der Waals surface area contributed by atoms with Crippen molar-refractivity contribution < 1.29 is 19.1 Å². The van der Waals surface area contributed by atoms with Gasteiger partial charge in [-0.3, -0.25) is 9.59 Å². The van der Waals surface area contributed by atoms with Gasteiger partial charge in [0.15, 0.2) is 5.13 Å². The van der Waals surface area contributed by atoms with E-state index in [1.165, 1.54) is 22.7 Å². The van der Waals surface area contributed by atoms with Crippen molar-refractivity contribution in [2.24, 2.45) is 0 Å². The lowest BCUT2D eigenvalue weighted by Gasteiger charge is -2.08. The van der Waals surface area contributed by atoms with Crippen LogP contribution in [0.4, 0.5) is 10.8 Å². The van der Waals surface area contributed by atoms with Gasteiger partial charge in [-0.1, -0.05) is 30.3 Å². The Hall–Kier alpha value is -3.89. The average Bonchev–Trinajstić information content (AvgIpc) is 3.46. The molecule has 2 N–H and O–H groups in total. The SMILES string of the molecule is CCOC(=O)c1nc(C)c(-c2csc(NC(=O)Cc3cccc(NC(=O)c4ccccc4)c3)n2)s1. The highest BCUT2D eigenvalue weighted by molar-refractivity contribution is 7.18. The Morgan fingerprint density at radius 1 is 1.00 bits per heavy atom. The van der Waals surface area contributed by atoms with E-state index in [4.69, 9.17) is 4.74 Å². The lowest BCUT2D eigenvalue weighted by atomic mass is 10.1. The second-order valence-electron chi connectivity index (χ2n) is 7.44. The number of rotatable bonds is 8. The zero-order valence-electron chi connectivity index (χ0n) is 19.0. The van der Waals surface area contributed by atoms with Crippen LogP contribution in [0, 0.1) is 6.92 Å². The molecule has 0 aliphatic carbocycles. The van der Waals surface area contributed by atoms with Crippen LogP contribution in [0.5, 0.6) is 0 Å². The number of thiazole rings is 2. The van der Waals surface area contributed by atoms with Crippen molar-refractivity contribution in [2.45, 2.75) is 20.3 Å². The third-order valence-corrected chi connectivity index (χ3v) is 6.73.